The number of aliphatic hydroxyl groups is 1. The third-order valence-electron chi connectivity index (χ3n) is 8.06. The van der Waals surface area contributed by atoms with Gasteiger partial charge in [-0.25, -0.2) is 4.57 Å². The lowest BCUT2D eigenvalue weighted by molar-refractivity contribution is -0.161. The van der Waals surface area contributed by atoms with Crippen LogP contribution in [0.1, 0.15) is 122 Å². The number of unbranched alkanes of at least 4 members (excludes halogenated alkanes) is 5. The first kappa shape index (κ1) is 55.1. The summed E-state index contributed by atoms with van der Waals surface area (Å²) in [6.45, 7) is 0.548. The van der Waals surface area contributed by atoms with E-state index in [0.29, 0.717) is 25.7 Å². The Morgan fingerprint density at radius 2 is 0.966 bits per heavy atom. The van der Waals surface area contributed by atoms with Crippen LogP contribution in [0.25, 0.3) is 0 Å². The van der Waals surface area contributed by atoms with Gasteiger partial charge in [0.1, 0.15) is 12.6 Å². The first-order valence-electron chi connectivity index (χ1n) is 21.0. The van der Waals surface area contributed by atoms with Crippen LogP contribution >= 0.6 is 7.82 Å². The molecule has 0 aliphatic rings. The molecule has 0 bridgehead atoms. The fourth-order valence-electron chi connectivity index (χ4n) is 4.78. The van der Waals surface area contributed by atoms with Gasteiger partial charge in [0.2, 0.25) is 0 Å². The largest absolute Gasteiger partial charge is 0.480 e. The van der Waals surface area contributed by atoms with Crippen LogP contribution in [0.15, 0.2) is 109 Å². The summed E-state index contributed by atoms with van der Waals surface area (Å²) in [7, 11) is -4.76. The number of phosphoric acid groups is 1. The van der Waals surface area contributed by atoms with Crippen LogP contribution in [-0.2, 0) is 37.5 Å². The van der Waals surface area contributed by atoms with E-state index in [9.17, 15) is 23.8 Å². The Bertz CT molecular complexity index is 1410. The second-order valence-electron chi connectivity index (χ2n) is 13.5. The molecule has 332 valence electrons. The van der Waals surface area contributed by atoms with Crippen LogP contribution in [0.3, 0.4) is 0 Å². The lowest BCUT2D eigenvalue weighted by atomic mass is 10.2. The van der Waals surface area contributed by atoms with Crippen molar-refractivity contribution in [2.24, 2.45) is 5.73 Å². The normalized spacial score (nSPS) is 14.8. The number of aliphatic carboxylic acids is 1. The Kier molecular flexibility index (Phi) is 38.2. The van der Waals surface area contributed by atoms with Gasteiger partial charge in [-0.3, -0.25) is 23.4 Å². The smallest absolute Gasteiger partial charge is 0.472 e. The van der Waals surface area contributed by atoms with Crippen molar-refractivity contribution >= 4 is 25.7 Å². The van der Waals surface area contributed by atoms with Gasteiger partial charge in [-0.05, 0) is 96.3 Å². The number of ether oxygens (including phenoxy) is 2. The number of rotatable bonds is 38. The molecule has 0 rings (SSSR count). The zero-order valence-corrected chi connectivity index (χ0v) is 36.1. The number of phosphoric ester groups is 1. The van der Waals surface area contributed by atoms with E-state index in [4.69, 9.17) is 29.9 Å². The third-order valence-corrected chi connectivity index (χ3v) is 9.01. The molecule has 0 heterocycles. The Balaban J connectivity index is 4.59. The van der Waals surface area contributed by atoms with E-state index in [1.165, 1.54) is 0 Å². The fraction of sp³-hybridized carbons (Fsp3) is 0.543. The van der Waals surface area contributed by atoms with Crippen LogP contribution in [-0.4, -0.2) is 71.6 Å². The minimum absolute atomic E-state index is 0.0586. The molecule has 0 fully saturated rings. The maximum absolute atomic E-state index is 12.6. The topological polar surface area (TPSA) is 192 Å². The zero-order chi connectivity index (χ0) is 43.5. The van der Waals surface area contributed by atoms with Gasteiger partial charge in [0, 0.05) is 19.4 Å². The molecule has 0 aromatic heterocycles. The van der Waals surface area contributed by atoms with Crippen molar-refractivity contribution in [3.8, 4) is 0 Å². The monoisotopic (exact) mass is 845 g/mol. The van der Waals surface area contributed by atoms with Crippen LogP contribution in [0, 0.1) is 0 Å². The molecule has 0 aliphatic heterocycles. The summed E-state index contributed by atoms with van der Waals surface area (Å²) in [6, 6.07) is -1.55. The summed E-state index contributed by atoms with van der Waals surface area (Å²) in [6.07, 6.45) is 50.4. The molecule has 0 aromatic carbocycles. The minimum atomic E-state index is -4.76. The number of hydrogen-bond donors (Lipinski definition) is 4. The van der Waals surface area contributed by atoms with Gasteiger partial charge in [-0.15, -0.1) is 0 Å². The fourth-order valence-corrected chi connectivity index (χ4v) is 5.55. The van der Waals surface area contributed by atoms with Gasteiger partial charge in [0.05, 0.1) is 13.2 Å². The van der Waals surface area contributed by atoms with Crippen molar-refractivity contribution in [2.75, 3.05) is 26.4 Å². The van der Waals surface area contributed by atoms with Crippen molar-refractivity contribution < 1.29 is 52.6 Å². The Morgan fingerprint density at radius 3 is 1.41 bits per heavy atom. The SMILES string of the molecule is CC/C=C\C/C=C\C/C=C\C/C=C\C/C=C\CCCC(=O)O[C@H](COC(=O)CCC/C=C\C/C=C\C/C=C\C/C=C\CCCCCO)COP(=O)(O)OC[C@H](N)C(=O)O. The number of allylic oxidation sites excluding steroid dienone is 18. The maximum Gasteiger partial charge on any atom is 0.472 e. The molecule has 0 radical (unpaired) electrons. The molecule has 0 saturated heterocycles. The zero-order valence-electron chi connectivity index (χ0n) is 35.2. The lowest BCUT2D eigenvalue weighted by Gasteiger charge is -2.20. The molecule has 1 unspecified atom stereocenters. The van der Waals surface area contributed by atoms with E-state index < -0.39 is 57.7 Å². The predicted molar refractivity (Wildman–Crippen MR) is 236 cm³/mol. The van der Waals surface area contributed by atoms with Crippen LogP contribution < -0.4 is 5.73 Å². The number of nitrogens with two attached hydrogens (primary N) is 1. The Morgan fingerprint density at radius 1 is 0.559 bits per heavy atom. The molecule has 0 amide bonds. The van der Waals surface area contributed by atoms with Gasteiger partial charge in [-0.2, -0.15) is 0 Å². The van der Waals surface area contributed by atoms with Gasteiger partial charge in [0.15, 0.2) is 6.10 Å². The molecule has 0 spiro atoms. The van der Waals surface area contributed by atoms with Crippen molar-refractivity contribution in [3.63, 3.8) is 0 Å². The Labute approximate surface area is 353 Å². The number of aliphatic hydroxyl groups excluding tert-OH is 1. The van der Waals surface area contributed by atoms with Crippen molar-refractivity contribution in [3.05, 3.63) is 109 Å². The summed E-state index contributed by atoms with van der Waals surface area (Å²) in [5.41, 5.74) is 5.32. The highest BCUT2D eigenvalue weighted by Crippen LogP contribution is 2.43. The molecule has 5 N–H and O–H groups in total. The molecule has 0 saturated carbocycles. The Hall–Kier alpha value is -3.90. The third kappa shape index (κ3) is 40.7. The van der Waals surface area contributed by atoms with Gasteiger partial charge in [-0.1, -0.05) is 123 Å². The molecule has 59 heavy (non-hydrogen) atoms. The average Bonchev–Trinajstić information content (AvgIpc) is 3.21. The summed E-state index contributed by atoms with van der Waals surface area (Å²) in [5, 5.41) is 17.7. The number of carbonyl (C=O) groups is 3. The molecule has 3 atom stereocenters. The molecule has 0 aliphatic carbocycles. The number of carboxylic acids is 1. The van der Waals surface area contributed by atoms with E-state index in [-0.39, 0.29) is 19.4 Å². The second-order valence-corrected chi connectivity index (χ2v) is 14.9. The number of hydrogen-bond acceptors (Lipinski definition) is 10. The number of esters is 2. The standard InChI is InChI=1S/C46H72NO11P/c1-2-3-4-5-6-7-8-9-10-12-16-19-22-25-28-31-34-37-45(50)58-42(40-56-59(53,54)57-41-43(47)46(51)52)39-55-44(49)36-33-30-27-24-21-18-15-13-11-14-17-20-23-26-29-32-35-38-48/h3-4,6-7,9-11,14-16,18-20,23-25,27-28,42-43,48H,2,5,8,12-13,17,21-22,26,29-41,47H2,1H3,(H,51,52)(H,53,54)/b4-3-,7-6-,10-9-,14-11-,18-15-,19-16-,23-20-,27-24-,28-25-/t42-,43+/m1/s1. The van der Waals surface area contributed by atoms with Crippen molar-refractivity contribution in [2.45, 2.75) is 135 Å². The van der Waals surface area contributed by atoms with Crippen LogP contribution in [0.4, 0.5) is 0 Å². The van der Waals surface area contributed by atoms with Crippen molar-refractivity contribution in [1.82, 2.24) is 0 Å². The van der Waals surface area contributed by atoms with E-state index in [1.54, 1.807) is 0 Å². The first-order valence-corrected chi connectivity index (χ1v) is 22.5. The molecule has 0 aromatic rings. The number of carbonyl (C=O) groups excluding carboxylic acids is 2. The minimum Gasteiger partial charge on any atom is -0.480 e. The lowest BCUT2D eigenvalue weighted by Crippen LogP contribution is -2.34. The first-order chi connectivity index (χ1) is 28.6. The van der Waals surface area contributed by atoms with Gasteiger partial charge < -0.3 is 30.3 Å². The highest BCUT2D eigenvalue weighted by molar-refractivity contribution is 7.47. The quantitative estimate of drug-likeness (QED) is 0.0199. The molecular weight excluding hydrogens is 773 g/mol. The predicted octanol–water partition coefficient (Wildman–Crippen LogP) is 10.0. The summed E-state index contributed by atoms with van der Waals surface area (Å²) >= 11 is 0. The highest BCUT2D eigenvalue weighted by Gasteiger charge is 2.28. The van der Waals surface area contributed by atoms with E-state index in [2.05, 4.69) is 96.5 Å². The highest BCUT2D eigenvalue weighted by atomic mass is 31.2. The summed E-state index contributed by atoms with van der Waals surface area (Å²) in [5.74, 6) is -2.56. The maximum atomic E-state index is 12.6. The van der Waals surface area contributed by atoms with Crippen LogP contribution in [0.2, 0.25) is 0 Å². The van der Waals surface area contributed by atoms with E-state index in [1.807, 2.05) is 24.3 Å². The molecule has 12 nitrogen and oxygen atoms in total. The van der Waals surface area contributed by atoms with Crippen molar-refractivity contribution in [1.29, 1.82) is 0 Å². The molecular formula is C46H72NO11P. The summed E-state index contributed by atoms with van der Waals surface area (Å²) < 4.78 is 32.5. The van der Waals surface area contributed by atoms with E-state index in [0.717, 1.165) is 77.0 Å². The number of carboxylic acid groups (broad SMARTS) is 1. The molecule has 13 heteroatoms. The van der Waals surface area contributed by atoms with Gasteiger partial charge in [0.25, 0.3) is 0 Å². The van der Waals surface area contributed by atoms with Crippen LogP contribution in [0.5, 0.6) is 0 Å². The average molecular weight is 846 g/mol. The van der Waals surface area contributed by atoms with Gasteiger partial charge >= 0.3 is 25.7 Å². The van der Waals surface area contributed by atoms with E-state index >= 15 is 0 Å². The second kappa shape index (κ2) is 40.9. The summed E-state index contributed by atoms with van der Waals surface area (Å²) in [4.78, 5) is 45.9.